The zero-order valence-electron chi connectivity index (χ0n) is 16.5. The maximum absolute atomic E-state index is 12.1. The van der Waals surface area contributed by atoms with Gasteiger partial charge in [-0.1, -0.05) is 24.3 Å². The summed E-state index contributed by atoms with van der Waals surface area (Å²) in [7, 11) is 0. The number of rotatable bonds is 8. The highest BCUT2D eigenvalue weighted by atomic mass is 32.1. The molecule has 2 N–H and O–H groups in total. The van der Waals surface area contributed by atoms with Crippen molar-refractivity contribution in [3.8, 4) is 10.6 Å². The van der Waals surface area contributed by atoms with Crippen LogP contribution in [0.1, 0.15) is 35.5 Å². The van der Waals surface area contributed by atoms with Crippen molar-refractivity contribution in [1.29, 1.82) is 0 Å². The monoisotopic (exact) mass is 395 g/mol. The molecule has 2 aromatic heterocycles. The third-order valence-corrected chi connectivity index (χ3v) is 5.16. The van der Waals surface area contributed by atoms with Crippen molar-refractivity contribution in [2.45, 2.75) is 40.2 Å². The number of aryl methyl sites for hydroxylation is 3. The van der Waals surface area contributed by atoms with Gasteiger partial charge in [-0.25, -0.2) is 15.0 Å². The molecule has 0 radical (unpaired) electrons. The molecule has 1 amide bonds. The molecule has 2 heterocycles. The van der Waals surface area contributed by atoms with Crippen LogP contribution < -0.4 is 10.6 Å². The molecule has 3 aromatic rings. The molecule has 1 aromatic carbocycles. The Morgan fingerprint density at radius 2 is 1.82 bits per heavy atom. The molecule has 7 heteroatoms. The lowest BCUT2D eigenvalue weighted by Crippen LogP contribution is -2.23. The fourth-order valence-corrected chi connectivity index (χ4v) is 3.77. The van der Waals surface area contributed by atoms with Crippen LogP contribution in [-0.2, 0) is 11.3 Å². The summed E-state index contributed by atoms with van der Waals surface area (Å²) in [6.07, 6.45) is 1.17. The molecule has 0 aliphatic rings. The van der Waals surface area contributed by atoms with Crippen molar-refractivity contribution >= 4 is 23.2 Å². The number of nitrogens with zero attached hydrogens (tertiary/aromatic N) is 3. The molecule has 0 unspecified atom stereocenters. The van der Waals surface area contributed by atoms with Gasteiger partial charge in [-0.15, -0.1) is 11.3 Å². The Morgan fingerprint density at radius 3 is 2.57 bits per heavy atom. The van der Waals surface area contributed by atoms with Gasteiger partial charge in [-0.3, -0.25) is 4.79 Å². The van der Waals surface area contributed by atoms with Crippen molar-refractivity contribution in [2.24, 2.45) is 0 Å². The summed E-state index contributed by atoms with van der Waals surface area (Å²) >= 11 is 1.60. The molecule has 28 heavy (non-hydrogen) atoms. The Bertz CT molecular complexity index is 933. The molecule has 0 bridgehead atoms. The minimum Gasteiger partial charge on any atom is -0.354 e. The third kappa shape index (κ3) is 5.60. The van der Waals surface area contributed by atoms with Crippen molar-refractivity contribution in [3.05, 3.63) is 58.4 Å². The maximum atomic E-state index is 12.1. The van der Waals surface area contributed by atoms with Crippen LogP contribution in [0.25, 0.3) is 10.6 Å². The largest absolute Gasteiger partial charge is 0.354 e. The highest BCUT2D eigenvalue weighted by Crippen LogP contribution is 2.26. The van der Waals surface area contributed by atoms with Crippen LogP contribution >= 0.6 is 11.3 Å². The molecular weight excluding hydrogens is 370 g/mol. The summed E-state index contributed by atoms with van der Waals surface area (Å²) < 4.78 is 0. The number of nitrogens with one attached hydrogen (secondary N) is 2. The molecule has 0 aliphatic heterocycles. The summed E-state index contributed by atoms with van der Waals surface area (Å²) in [5.74, 6) is 0.637. The molecule has 0 aliphatic carbocycles. The Labute approximate surface area is 169 Å². The number of carbonyl (C=O) groups excluding carboxylic acids is 1. The number of hydrogen-bond donors (Lipinski definition) is 2. The van der Waals surface area contributed by atoms with Crippen molar-refractivity contribution in [2.75, 3.05) is 11.9 Å². The minimum atomic E-state index is 0.0218. The SMILES string of the molecule is Cc1cc(C)nc(NCCCC(=O)NCc2csc(-c3ccccc3C)n2)n1. The van der Waals surface area contributed by atoms with Crippen LogP contribution in [0.5, 0.6) is 0 Å². The number of hydrogen-bond acceptors (Lipinski definition) is 6. The molecule has 0 saturated heterocycles. The lowest BCUT2D eigenvalue weighted by Gasteiger charge is -2.07. The van der Waals surface area contributed by atoms with E-state index in [4.69, 9.17) is 0 Å². The van der Waals surface area contributed by atoms with E-state index in [2.05, 4.69) is 44.6 Å². The summed E-state index contributed by atoms with van der Waals surface area (Å²) in [6.45, 7) is 7.07. The summed E-state index contributed by atoms with van der Waals surface area (Å²) in [5.41, 5.74) is 5.10. The van der Waals surface area contributed by atoms with Crippen LogP contribution in [0.15, 0.2) is 35.7 Å². The molecule has 0 spiro atoms. The number of aromatic nitrogens is 3. The number of anilines is 1. The van der Waals surface area contributed by atoms with Gasteiger partial charge in [0.2, 0.25) is 11.9 Å². The smallest absolute Gasteiger partial charge is 0.223 e. The van der Waals surface area contributed by atoms with Gasteiger partial charge in [0.15, 0.2) is 0 Å². The van der Waals surface area contributed by atoms with Crippen LogP contribution in [0.2, 0.25) is 0 Å². The fourth-order valence-electron chi connectivity index (χ4n) is 2.86. The predicted molar refractivity (Wildman–Crippen MR) is 113 cm³/mol. The van der Waals surface area contributed by atoms with E-state index in [9.17, 15) is 4.79 Å². The Morgan fingerprint density at radius 1 is 1.07 bits per heavy atom. The van der Waals surface area contributed by atoms with E-state index in [0.717, 1.165) is 27.7 Å². The van der Waals surface area contributed by atoms with E-state index < -0.39 is 0 Å². The highest BCUT2D eigenvalue weighted by Gasteiger charge is 2.08. The average molecular weight is 396 g/mol. The topological polar surface area (TPSA) is 79.8 Å². The van der Waals surface area contributed by atoms with Gasteiger partial charge in [0.1, 0.15) is 5.01 Å². The molecule has 3 rings (SSSR count). The maximum Gasteiger partial charge on any atom is 0.223 e. The van der Waals surface area contributed by atoms with Gasteiger partial charge in [0.05, 0.1) is 12.2 Å². The van der Waals surface area contributed by atoms with Crippen molar-refractivity contribution in [1.82, 2.24) is 20.3 Å². The molecule has 0 fully saturated rings. The zero-order chi connectivity index (χ0) is 19.9. The van der Waals surface area contributed by atoms with Crippen LogP contribution in [0.3, 0.4) is 0 Å². The first kappa shape index (κ1) is 19.9. The van der Waals surface area contributed by atoms with Gasteiger partial charge >= 0.3 is 0 Å². The molecular formula is C21H25N5OS. The fraction of sp³-hybridized carbons (Fsp3) is 0.333. The molecule has 0 atom stereocenters. The van der Waals surface area contributed by atoms with E-state index >= 15 is 0 Å². The second kappa shape index (κ2) is 9.41. The Kier molecular flexibility index (Phi) is 6.71. The lowest BCUT2D eigenvalue weighted by atomic mass is 10.1. The van der Waals surface area contributed by atoms with Gasteiger partial charge in [-0.2, -0.15) is 0 Å². The first-order chi connectivity index (χ1) is 13.5. The number of carbonyl (C=O) groups is 1. The van der Waals surface area contributed by atoms with Gasteiger partial charge in [0, 0.05) is 35.3 Å². The molecule has 146 valence electrons. The predicted octanol–water partition coefficient (Wildman–Crippen LogP) is 4.03. The van der Waals surface area contributed by atoms with Gasteiger partial charge in [-0.05, 0) is 38.8 Å². The second-order valence-electron chi connectivity index (χ2n) is 6.74. The van der Waals surface area contributed by atoms with E-state index in [1.807, 2.05) is 37.4 Å². The quantitative estimate of drug-likeness (QED) is 0.563. The molecule has 6 nitrogen and oxygen atoms in total. The zero-order valence-corrected chi connectivity index (χ0v) is 17.3. The highest BCUT2D eigenvalue weighted by molar-refractivity contribution is 7.13. The normalized spacial score (nSPS) is 10.7. The minimum absolute atomic E-state index is 0.0218. The number of benzene rings is 1. The first-order valence-electron chi connectivity index (χ1n) is 9.34. The second-order valence-corrected chi connectivity index (χ2v) is 7.60. The third-order valence-electron chi connectivity index (χ3n) is 4.24. The Balaban J connectivity index is 1.41. The first-order valence-corrected chi connectivity index (χ1v) is 10.2. The van der Waals surface area contributed by atoms with Crippen LogP contribution in [0, 0.1) is 20.8 Å². The van der Waals surface area contributed by atoms with Crippen LogP contribution in [-0.4, -0.2) is 27.4 Å². The molecule has 0 saturated carbocycles. The van der Waals surface area contributed by atoms with Gasteiger partial charge < -0.3 is 10.6 Å². The summed E-state index contributed by atoms with van der Waals surface area (Å²) in [6, 6.07) is 10.1. The van der Waals surface area contributed by atoms with E-state index in [0.29, 0.717) is 31.9 Å². The van der Waals surface area contributed by atoms with Crippen molar-refractivity contribution < 1.29 is 4.79 Å². The number of amides is 1. The van der Waals surface area contributed by atoms with Crippen LogP contribution in [0.4, 0.5) is 5.95 Å². The Hall–Kier alpha value is -2.80. The lowest BCUT2D eigenvalue weighted by molar-refractivity contribution is -0.121. The van der Waals surface area contributed by atoms with E-state index in [-0.39, 0.29) is 5.91 Å². The van der Waals surface area contributed by atoms with E-state index in [1.54, 1.807) is 11.3 Å². The van der Waals surface area contributed by atoms with Crippen molar-refractivity contribution in [3.63, 3.8) is 0 Å². The number of thiazole rings is 1. The van der Waals surface area contributed by atoms with Gasteiger partial charge in [0.25, 0.3) is 0 Å². The average Bonchev–Trinajstić information content (AvgIpc) is 3.12. The standard InChI is InChI=1S/C21H25N5OS/c1-14-7-4-5-8-18(14)20-26-17(13-28-20)12-23-19(27)9-6-10-22-21-24-15(2)11-16(3)25-21/h4-5,7-8,11,13H,6,9-10,12H2,1-3H3,(H,23,27)(H,22,24,25). The summed E-state index contributed by atoms with van der Waals surface area (Å²) in [5, 5.41) is 9.10. The summed E-state index contributed by atoms with van der Waals surface area (Å²) in [4.78, 5) is 25.4. The van der Waals surface area contributed by atoms with E-state index in [1.165, 1.54) is 5.56 Å².